The average Bonchev–Trinajstić information content (AvgIpc) is 3.40. The summed E-state index contributed by atoms with van der Waals surface area (Å²) in [6.07, 6.45) is 3.94. The van der Waals surface area contributed by atoms with Crippen molar-refractivity contribution in [3.63, 3.8) is 0 Å². The zero-order valence-corrected chi connectivity index (χ0v) is 16.1. The second kappa shape index (κ2) is 8.01. The Balaban J connectivity index is 1.30. The molecule has 2 aromatic heterocycles. The fraction of sp³-hybridized carbons (Fsp3) is 0.333. The monoisotopic (exact) mass is 399 g/mol. The number of hydrogen-bond acceptors (Lipinski definition) is 8. The first-order chi connectivity index (χ1) is 13.2. The third-order valence-corrected chi connectivity index (χ3v) is 6.13. The van der Waals surface area contributed by atoms with Crippen molar-refractivity contribution in [1.29, 1.82) is 0 Å². The van der Waals surface area contributed by atoms with Crippen molar-refractivity contribution >= 4 is 39.5 Å². The van der Waals surface area contributed by atoms with Crippen LogP contribution in [0.1, 0.15) is 51.1 Å². The Labute approximate surface area is 163 Å². The van der Waals surface area contributed by atoms with Gasteiger partial charge in [-0.1, -0.05) is 35.6 Å². The molecule has 1 aliphatic rings. The van der Waals surface area contributed by atoms with E-state index in [1.54, 1.807) is 22.9 Å². The number of fused-ring (bicyclic) bond motifs is 1. The van der Waals surface area contributed by atoms with E-state index in [0.717, 1.165) is 41.3 Å². The van der Waals surface area contributed by atoms with Gasteiger partial charge < -0.3 is 0 Å². The summed E-state index contributed by atoms with van der Waals surface area (Å²) in [6.45, 7) is 0. The topological polar surface area (TPSA) is 97.7 Å². The summed E-state index contributed by atoms with van der Waals surface area (Å²) >= 11 is 2.95. The van der Waals surface area contributed by atoms with Gasteiger partial charge in [-0.25, -0.2) is 0 Å². The molecule has 0 saturated carbocycles. The number of nitrogens with zero attached hydrogens (tertiary/aromatic N) is 4. The normalized spacial score (nSPS) is 15.7. The molecule has 0 bridgehead atoms. The summed E-state index contributed by atoms with van der Waals surface area (Å²) in [6, 6.07) is 7.28. The van der Waals surface area contributed by atoms with Gasteiger partial charge in [0.1, 0.15) is 15.5 Å². The second-order valence-corrected chi connectivity index (χ2v) is 8.28. The maximum Gasteiger partial charge on any atom is 0.234 e. The molecule has 1 amide bonds. The zero-order chi connectivity index (χ0) is 18.6. The Hall–Kier alpha value is -2.52. The molecule has 3 aromatic rings. The van der Waals surface area contributed by atoms with Gasteiger partial charge in [0, 0.05) is 24.8 Å². The summed E-state index contributed by atoms with van der Waals surface area (Å²) in [7, 11) is 0. The summed E-state index contributed by atoms with van der Waals surface area (Å²) in [5.41, 5.74) is 3.18. The molecule has 1 N–H and O–H groups in total. The zero-order valence-electron chi connectivity index (χ0n) is 14.4. The minimum Gasteiger partial charge on any atom is -0.300 e. The number of nitrogens with one attached hydrogen (secondary N) is 1. The number of carbonyl (C=O) groups excluding carboxylic acids is 2. The van der Waals surface area contributed by atoms with Crippen molar-refractivity contribution in [1.82, 2.24) is 20.4 Å². The molecule has 0 spiro atoms. The average molecular weight is 400 g/mol. The number of ketones is 1. The first-order valence-electron chi connectivity index (χ1n) is 8.71. The highest BCUT2D eigenvalue weighted by Gasteiger charge is 2.34. The molecule has 0 radical (unpaired) electrons. The molecule has 2 heterocycles. The lowest BCUT2D eigenvalue weighted by molar-refractivity contribution is -0.117. The van der Waals surface area contributed by atoms with E-state index in [-0.39, 0.29) is 18.1 Å². The van der Waals surface area contributed by atoms with Crippen LogP contribution in [0.3, 0.4) is 0 Å². The largest absolute Gasteiger partial charge is 0.300 e. The highest BCUT2D eigenvalue weighted by molar-refractivity contribution is 7.15. The van der Waals surface area contributed by atoms with Crippen molar-refractivity contribution in [2.45, 2.75) is 38.0 Å². The number of Topliss-reactive ketones (excluding diaryl/α,β-unsaturated/α-hetero) is 1. The van der Waals surface area contributed by atoms with Crippen LogP contribution in [-0.2, 0) is 17.6 Å². The van der Waals surface area contributed by atoms with E-state index in [1.165, 1.54) is 11.3 Å². The lowest BCUT2D eigenvalue weighted by Gasteiger charge is -2.09. The fourth-order valence-electron chi connectivity index (χ4n) is 3.15. The highest BCUT2D eigenvalue weighted by Crippen LogP contribution is 2.34. The second-order valence-electron chi connectivity index (χ2n) is 6.30. The SMILES string of the molecule is O=C1CC(C(=O)Nc2nnc(CCCCc3nncs3)s2)c2ccccc21. The third-order valence-electron chi connectivity index (χ3n) is 4.48. The molecule has 138 valence electrons. The standard InChI is InChI=1S/C18H17N5O2S2/c24-14-9-13(11-5-1-2-6-12(11)14)17(25)20-18-23-22-16(27-18)8-4-3-7-15-21-19-10-26-15/h1-2,5-6,10,13H,3-4,7-9H2,(H,20,23,25). The van der Waals surface area contributed by atoms with Crippen LogP contribution < -0.4 is 5.32 Å². The number of amides is 1. The van der Waals surface area contributed by atoms with Gasteiger partial charge in [0.25, 0.3) is 0 Å². The Bertz CT molecular complexity index is 954. The van der Waals surface area contributed by atoms with E-state index < -0.39 is 5.92 Å². The summed E-state index contributed by atoms with van der Waals surface area (Å²) in [5, 5.41) is 21.3. The summed E-state index contributed by atoms with van der Waals surface area (Å²) in [4.78, 5) is 24.6. The fourth-order valence-corrected chi connectivity index (χ4v) is 4.51. The molecule has 0 fully saturated rings. The summed E-state index contributed by atoms with van der Waals surface area (Å²) < 4.78 is 0. The molecule has 27 heavy (non-hydrogen) atoms. The highest BCUT2D eigenvalue weighted by atomic mass is 32.1. The Kier molecular flexibility index (Phi) is 5.30. The quantitative estimate of drug-likeness (QED) is 0.613. The van der Waals surface area contributed by atoms with Gasteiger partial charge in [-0.2, -0.15) is 0 Å². The van der Waals surface area contributed by atoms with Gasteiger partial charge >= 0.3 is 0 Å². The number of anilines is 1. The van der Waals surface area contributed by atoms with Crippen molar-refractivity contribution in [3.05, 3.63) is 50.9 Å². The smallest absolute Gasteiger partial charge is 0.234 e. The van der Waals surface area contributed by atoms with Crippen LogP contribution in [0.4, 0.5) is 5.13 Å². The van der Waals surface area contributed by atoms with E-state index in [0.29, 0.717) is 10.7 Å². The molecular formula is C18H17N5O2S2. The van der Waals surface area contributed by atoms with E-state index in [2.05, 4.69) is 25.7 Å². The first-order valence-corrected chi connectivity index (χ1v) is 10.4. The molecule has 7 nitrogen and oxygen atoms in total. The van der Waals surface area contributed by atoms with Crippen LogP contribution in [0.25, 0.3) is 0 Å². The first kappa shape index (κ1) is 17.9. The molecule has 1 unspecified atom stereocenters. The van der Waals surface area contributed by atoms with Gasteiger partial charge in [0.2, 0.25) is 11.0 Å². The van der Waals surface area contributed by atoms with E-state index in [1.807, 2.05) is 18.2 Å². The molecule has 4 rings (SSSR count). The predicted molar refractivity (Wildman–Crippen MR) is 103 cm³/mol. The van der Waals surface area contributed by atoms with Crippen LogP contribution in [0.2, 0.25) is 0 Å². The van der Waals surface area contributed by atoms with Crippen LogP contribution in [0, 0.1) is 0 Å². The number of aromatic nitrogens is 4. The molecule has 0 saturated heterocycles. The van der Waals surface area contributed by atoms with Crippen molar-refractivity contribution in [2.75, 3.05) is 5.32 Å². The number of aryl methyl sites for hydroxylation is 2. The third kappa shape index (κ3) is 4.09. The molecule has 1 aromatic carbocycles. The Morgan fingerprint density at radius 3 is 2.74 bits per heavy atom. The van der Waals surface area contributed by atoms with Gasteiger partial charge in [0.15, 0.2) is 5.78 Å². The number of rotatable bonds is 7. The van der Waals surface area contributed by atoms with E-state index >= 15 is 0 Å². The minimum absolute atomic E-state index is 0.0131. The molecule has 0 aliphatic heterocycles. The van der Waals surface area contributed by atoms with Crippen LogP contribution in [0.5, 0.6) is 0 Å². The lowest BCUT2D eigenvalue weighted by atomic mass is 10.0. The number of hydrogen-bond donors (Lipinski definition) is 1. The molecule has 1 aliphatic carbocycles. The predicted octanol–water partition coefficient (Wildman–Crippen LogP) is 3.26. The summed E-state index contributed by atoms with van der Waals surface area (Å²) in [5.74, 6) is -0.639. The minimum atomic E-state index is -0.451. The van der Waals surface area contributed by atoms with Crippen LogP contribution in [-0.4, -0.2) is 32.1 Å². The van der Waals surface area contributed by atoms with Gasteiger partial charge in [-0.15, -0.1) is 31.7 Å². The molecule has 9 heteroatoms. The van der Waals surface area contributed by atoms with E-state index in [4.69, 9.17) is 0 Å². The number of carbonyl (C=O) groups is 2. The van der Waals surface area contributed by atoms with E-state index in [9.17, 15) is 9.59 Å². The maximum atomic E-state index is 12.6. The van der Waals surface area contributed by atoms with Crippen molar-refractivity contribution in [2.24, 2.45) is 0 Å². The maximum absolute atomic E-state index is 12.6. The van der Waals surface area contributed by atoms with Gasteiger partial charge in [-0.05, 0) is 18.4 Å². The van der Waals surface area contributed by atoms with Crippen LogP contribution >= 0.6 is 22.7 Å². The van der Waals surface area contributed by atoms with Crippen molar-refractivity contribution in [3.8, 4) is 0 Å². The lowest BCUT2D eigenvalue weighted by Crippen LogP contribution is -2.19. The number of unbranched alkanes of at least 4 members (excludes halogenated alkanes) is 1. The number of benzene rings is 1. The Morgan fingerprint density at radius 1 is 1.11 bits per heavy atom. The van der Waals surface area contributed by atoms with Crippen LogP contribution in [0.15, 0.2) is 29.8 Å². The van der Waals surface area contributed by atoms with Gasteiger partial charge in [0.05, 0.1) is 5.92 Å². The molecule has 1 atom stereocenters. The Morgan fingerprint density at radius 2 is 1.93 bits per heavy atom. The van der Waals surface area contributed by atoms with Gasteiger partial charge in [-0.3, -0.25) is 14.9 Å². The van der Waals surface area contributed by atoms with Crippen molar-refractivity contribution < 1.29 is 9.59 Å². The molecular weight excluding hydrogens is 382 g/mol.